The predicted molar refractivity (Wildman–Crippen MR) is 101 cm³/mol. The Morgan fingerprint density at radius 3 is 2.60 bits per heavy atom. The molecule has 1 aliphatic carbocycles. The molecule has 2 fully saturated rings. The third-order valence-electron chi connectivity index (χ3n) is 4.93. The SMILES string of the molecule is COc1ccccc1NC1CCN(c2cc(Cl)nc(C3CC3)n2)CC1. The van der Waals surface area contributed by atoms with Crippen molar-refractivity contribution in [1.82, 2.24) is 9.97 Å². The van der Waals surface area contributed by atoms with E-state index in [1.165, 1.54) is 12.8 Å². The van der Waals surface area contributed by atoms with Gasteiger partial charge in [0, 0.05) is 31.1 Å². The number of halogens is 1. The molecule has 2 aliphatic rings. The Bertz CT molecular complexity index is 742. The van der Waals surface area contributed by atoms with Gasteiger partial charge in [-0.05, 0) is 37.8 Å². The number of hydrogen-bond acceptors (Lipinski definition) is 5. The highest BCUT2D eigenvalue weighted by atomic mass is 35.5. The summed E-state index contributed by atoms with van der Waals surface area (Å²) in [7, 11) is 1.71. The number of aromatic nitrogens is 2. The summed E-state index contributed by atoms with van der Waals surface area (Å²) >= 11 is 6.21. The van der Waals surface area contributed by atoms with Crippen molar-refractivity contribution in [2.45, 2.75) is 37.6 Å². The Morgan fingerprint density at radius 1 is 1.12 bits per heavy atom. The zero-order chi connectivity index (χ0) is 17.2. The Balaban J connectivity index is 1.40. The van der Waals surface area contributed by atoms with Crippen LogP contribution in [0.25, 0.3) is 0 Å². The van der Waals surface area contributed by atoms with Gasteiger partial charge in [-0.15, -0.1) is 0 Å². The largest absolute Gasteiger partial charge is 0.495 e. The Labute approximate surface area is 153 Å². The molecule has 0 amide bonds. The molecule has 0 radical (unpaired) electrons. The van der Waals surface area contributed by atoms with E-state index in [4.69, 9.17) is 21.3 Å². The van der Waals surface area contributed by atoms with E-state index in [1.54, 1.807) is 7.11 Å². The van der Waals surface area contributed by atoms with Crippen LogP contribution in [0, 0.1) is 0 Å². The first kappa shape index (κ1) is 16.5. The van der Waals surface area contributed by atoms with Crippen molar-refractivity contribution in [2.75, 3.05) is 30.4 Å². The molecule has 1 aromatic heterocycles. The fourth-order valence-corrected chi connectivity index (χ4v) is 3.53. The van der Waals surface area contributed by atoms with Gasteiger partial charge in [0.05, 0.1) is 12.8 Å². The zero-order valence-corrected chi connectivity index (χ0v) is 15.2. The number of anilines is 2. The molecule has 5 nitrogen and oxygen atoms in total. The fourth-order valence-electron chi connectivity index (χ4n) is 3.35. The zero-order valence-electron chi connectivity index (χ0n) is 14.4. The lowest BCUT2D eigenvalue weighted by molar-refractivity contribution is 0.415. The lowest BCUT2D eigenvalue weighted by atomic mass is 10.0. The minimum absolute atomic E-state index is 0.438. The molecule has 0 atom stereocenters. The van der Waals surface area contributed by atoms with Gasteiger partial charge in [-0.1, -0.05) is 23.7 Å². The number of para-hydroxylation sites is 2. The van der Waals surface area contributed by atoms with Crippen molar-refractivity contribution in [3.63, 3.8) is 0 Å². The molecule has 2 heterocycles. The predicted octanol–water partition coefficient (Wildman–Crippen LogP) is 4.10. The number of hydrogen-bond donors (Lipinski definition) is 1. The van der Waals surface area contributed by atoms with Crippen LogP contribution in [0.3, 0.4) is 0 Å². The van der Waals surface area contributed by atoms with Crippen molar-refractivity contribution in [3.05, 3.63) is 41.3 Å². The number of nitrogens with one attached hydrogen (secondary N) is 1. The summed E-state index contributed by atoms with van der Waals surface area (Å²) in [6, 6.07) is 10.4. The van der Waals surface area contributed by atoms with Crippen molar-refractivity contribution in [1.29, 1.82) is 0 Å². The van der Waals surface area contributed by atoms with Crippen LogP contribution in [0.4, 0.5) is 11.5 Å². The van der Waals surface area contributed by atoms with E-state index in [0.29, 0.717) is 17.1 Å². The van der Waals surface area contributed by atoms with Gasteiger partial charge in [0.15, 0.2) is 0 Å². The average molecular weight is 359 g/mol. The number of rotatable bonds is 5. The van der Waals surface area contributed by atoms with Crippen molar-refractivity contribution >= 4 is 23.1 Å². The standard InChI is InChI=1S/C19H23ClN4O/c1-25-16-5-3-2-4-15(16)21-14-8-10-24(11-9-14)18-12-17(20)22-19(23-18)13-6-7-13/h2-5,12-14,21H,6-11H2,1H3. The summed E-state index contributed by atoms with van der Waals surface area (Å²) in [6.07, 6.45) is 4.48. The molecule has 6 heteroatoms. The monoisotopic (exact) mass is 358 g/mol. The maximum absolute atomic E-state index is 6.21. The summed E-state index contributed by atoms with van der Waals surface area (Å²) in [5, 5.41) is 4.17. The molecule has 1 aromatic carbocycles. The summed E-state index contributed by atoms with van der Waals surface area (Å²) < 4.78 is 5.43. The summed E-state index contributed by atoms with van der Waals surface area (Å²) in [6.45, 7) is 1.93. The second-order valence-electron chi connectivity index (χ2n) is 6.79. The van der Waals surface area contributed by atoms with E-state index in [-0.39, 0.29) is 0 Å². The first-order valence-corrected chi connectivity index (χ1v) is 9.29. The van der Waals surface area contributed by atoms with Gasteiger partial charge < -0.3 is 15.0 Å². The number of piperidine rings is 1. The maximum atomic E-state index is 6.21. The minimum Gasteiger partial charge on any atom is -0.495 e. The highest BCUT2D eigenvalue weighted by Gasteiger charge is 2.28. The number of methoxy groups -OCH3 is 1. The number of nitrogens with zero attached hydrogens (tertiary/aromatic N) is 3. The van der Waals surface area contributed by atoms with Crippen LogP contribution in [-0.2, 0) is 0 Å². The van der Waals surface area contributed by atoms with E-state index in [0.717, 1.165) is 49.0 Å². The van der Waals surface area contributed by atoms with Crippen LogP contribution < -0.4 is 15.0 Å². The summed E-state index contributed by atoms with van der Waals surface area (Å²) in [5.41, 5.74) is 1.06. The van der Waals surface area contributed by atoms with Gasteiger partial charge in [0.25, 0.3) is 0 Å². The van der Waals surface area contributed by atoms with Crippen molar-refractivity contribution in [2.24, 2.45) is 0 Å². The van der Waals surface area contributed by atoms with E-state index in [2.05, 4.69) is 21.3 Å². The Kier molecular flexibility index (Phi) is 4.66. The van der Waals surface area contributed by atoms with Gasteiger partial charge in [-0.25, -0.2) is 9.97 Å². The van der Waals surface area contributed by atoms with E-state index in [9.17, 15) is 0 Å². The second-order valence-corrected chi connectivity index (χ2v) is 7.17. The summed E-state index contributed by atoms with van der Waals surface area (Å²) in [5.74, 6) is 3.29. The topological polar surface area (TPSA) is 50.3 Å². The van der Waals surface area contributed by atoms with Crippen LogP contribution in [0.5, 0.6) is 5.75 Å². The van der Waals surface area contributed by atoms with Gasteiger partial charge in [0.1, 0.15) is 22.5 Å². The Hall–Kier alpha value is -2.01. The number of benzene rings is 1. The molecule has 132 valence electrons. The average Bonchev–Trinajstić information content (AvgIpc) is 3.47. The fraction of sp³-hybridized carbons (Fsp3) is 0.474. The molecule has 4 rings (SSSR count). The number of ether oxygens (including phenoxy) is 1. The lowest BCUT2D eigenvalue weighted by Gasteiger charge is -2.34. The van der Waals surface area contributed by atoms with Crippen LogP contribution in [-0.4, -0.2) is 36.2 Å². The van der Waals surface area contributed by atoms with E-state index >= 15 is 0 Å². The van der Waals surface area contributed by atoms with Gasteiger partial charge in [-0.2, -0.15) is 0 Å². The highest BCUT2D eigenvalue weighted by molar-refractivity contribution is 6.29. The quantitative estimate of drug-likeness (QED) is 0.815. The normalized spacial score (nSPS) is 18.2. The van der Waals surface area contributed by atoms with Crippen molar-refractivity contribution in [3.8, 4) is 5.75 Å². The first-order valence-electron chi connectivity index (χ1n) is 8.92. The molecule has 0 unspecified atom stereocenters. The molecule has 1 saturated heterocycles. The molecular formula is C19H23ClN4O. The van der Waals surface area contributed by atoms with E-state index in [1.807, 2.05) is 24.3 Å². The van der Waals surface area contributed by atoms with Crippen LogP contribution in [0.1, 0.15) is 37.4 Å². The molecule has 1 N–H and O–H groups in total. The van der Waals surface area contributed by atoms with Gasteiger partial charge in [-0.3, -0.25) is 0 Å². The molecule has 0 bridgehead atoms. The maximum Gasteiger partial charge on any atom is 0.141 e. The lowest BCUT2D eigenvalue weighted by Crippen LogP contribution is -2.39. The van der Waals surface area contributed by atoms with E-state index < -0.39 is 0 Å². The van der Waals surface area contributed by atoms with Gasteiger partial charge in [0.2, 0.25) is 0 Å². The Morgan fingerprint density at radius 2 is 1.88 bits per heavy atom. The summed E-state index contributed by atoms with van der Waals surface area (Å²) in [4.78, 5) is 11.4. The molecule has 0 spiro atoms. The van der Waals surface area contributed by atoms with Crippen LogP contribution >= 0.6 is 11.6 Å². The highest BCUT2D eigenvalue weighted by Crippen LogP contribution is 2.39. The molecule has 1 aliphatic heterocycles. The van der Waals surface area contributed by atoms with Crippen molar-refractivity contribution < 1.29 is 4.74 Å². The molecule has 2 aromatic rings. The first-order chi connectivity index (χ1) is 12.2. The second kappa shape index (κ2) is 7.08. The third-order valence-corrected chi connectivity index (χ3v) is 5.12. The molecular weight excluding hydrogens is 336 g/mol. The molecule has 1 saturated carbocycles. The molecule has 25 heavy (non-hydrogen) atoms. The minimum atomic E-state index is 0.438. The van der Waals surface area contributed by atoms with Gasteiger partial charge >= 0.3 is 0 Å². The smallest absolute Gasteiger partial charge is 0.141 e. The van der Waals surface area contributed by atoms with Crippen LogP contribution in [0.15, 0.2) is 30.3 Å². The van der Waals surface area contributed by atoms with Crippen LogP contribution in [0.2, 0.25) is 5.15 Å². The third kappa shape index (κ3) is 3.82.